The molecule has 1 aliphatic heterocycles. The predicted octanol–water partition coefficient (Wildman–Crippen LogP) is 1.28. The number of carboxylic acids is 1. The highest BCUT2D eigenvalue weighted by Gasteiger charge is 2.53. The first-order valence-electron chi connectivity index (χ1n) is 7.69. The Morgan fingerprint density at radius 2 is 1.81 bits per heavy atom. The first-order valence-corrected chi connectivity index (χ1v) is 7.69. The third-order valence-corrected chi connectivity index (χ3v) is 4.13. The molecule has 0 saturated carbocycles. The Balaban J connectivity index is 1.88. The topological polar surface area (TPSA) is 110 Å². The van der Waals surface area contributed by atoms with Crippen molar-refractivity contribution in [1.29, 1.82) is 0 Å². The zero-order valence-corrected chi connectivity index (χ0v) is 13.5. The molecule has 7 nitrogen and oxygen atoms in total. The average Bonchev–Trinajstić information content (AvgIpc) is 3.01. The maximum absolute atomic E-state index is 12.9. The van der Waals surface area contributed by atoms with Crippen LogP contribution in [0.3, 0.4) is 0 Å². The second kappa shape index (κ2) is 7.63. The van der Waals surface area contributed by atoms with Gasteiger partial charge in [0.15, 0.2) is 0 Å². The first kappa shape index (κ1) is 19.5. The summed E-state index contributed by atoms with van der Waals surface area (Å²) in [7, 11) is 0. The summed E-state index contributed by atoms with van der Waals surface area (Å²) in [6.45, 7) is -1.25. The molecule has 2 rings (SSSR count). The molecule has 2 amide bonds. The molecule has 1 heterocycles. The minimum Gasteiger partial charge on any atom is -0.493 e. The van der Waals surface area contributed by atoms with E-state index < -0.39 is 48.9 Å². The maximum Gasteiger partial charge on any atom is 0.394 e. The summed E-state index contributed by atoms with van der Waals surface area (Å²) >= 11 is 0. The van der Waals surface area contributed by atoms with Gasteiger partial charge in [0.1, 0.15) is 5.75 Å². The van der Waals surface area contributed by atoms with Crippen molar-refractivity contribution in [2.75, 3.05) is 19.7 Å². The number of hydrogen-bond donors (Lipinski definition) is 2. The Labute approximate surface area is 146 Å². The summed E-state index contributed by atoms with van der Waals surface area (Å²) in [5.41, 5.74) is 5.38. The Morgan fingerprint density at radius 3 is 2.27 bits per heavy atom. The van der Waals surface area contributed by atoms with Gasteiger partial charge in [-0.2, -0.15) is 13.2 Å². The fourth-order valence-corrected chi connectivity index (χ4v) is 2.72. The number of aliphatic carboxylic acids is 1. The number of nitrogens with two attached hydrogens (primary N) is 1. The van der Waals surface area contributed by atoms with Gasteiger partial charge in [-0.25, -0.2) is 0 Å². The number of carbonyl (C=O) groups excluding carboxylic acids is 2. The smallest absolute Gasteiger partial charge is 0.394 e. The number of ether oxygens (including phenoxy) is 1. The third kappa shape index (κ3) is 4.64. The molecule has 1 aromatic rings. The number of alkyl halides is 3. The van der Waals surface area contributed by atoms with Crippen LogP contribution in [0.2, 0.25) is 0 Å². The van der Waals surface area contributed by atoms with E-state index in [2.05, 4.69) is 0 Å². The third-order valence-electron chi connectivity index (χ3n) is 4.13. The van der Waals surface area contributed by atoms with E-state index >= 15 is 0 Å². The van der Waals surface area contributed by atoms with Gasteiger partial charge in [0.05, 0.1) is 24.9 Å². The van der Waals surface area contributed by atoms with Gasteiger partial charge < -0.3 is 20.5 Å². The van der Waals surface area contributed by atoms with E-state index in [1.807, 2.05) is 0 Å². The van der Waals surface area contributed by atoms with Crippen LogP contribution in [0.5, 0.6) is 5.75 Å². The number of rotatable bonds is 6. The Kier molecular flexibility index (Phi) is 5.73. The van der Waals surface area contributed by atoms with Crippen LogP contribution in [-0.4, -0.2) is 53.7 Å². The molecular formula is C16H17F3N2O5. The van der Waals surface area contributed by atoms with Crippen molar-refractivity contribution in [3.63, 3.8) is 0 Å². The Bertz CT molecular complexity index is 690. The van der Waals surface area contributed by atoms with Gasteiger partial charge in [0.25, 0.3) is 0 Å². The van der Waals surface area contributed by atoms with Crippen molar-refractivity contribution < 1.29 is 37.4 Å². The summed E-state index contributed by atoms with van der Waals surface area (Å²) in [5, 5.41) is 8.94. The van der Waals surface area contributed by atoms with Crippen molar-refractivity contribution in [1.82, 2.24) is 4.90 Å². The molecule has 3 N–H and O–H groups in total. The van der Waals surface area contributed by atoms with E-state index in [9.17, 15) is 27.6 Å². The number of halogens is 3. The lowest BCUT2D eigenvalue weighted by Gasteiger charge is -2.18. The highest BCUT2D eigenvalue weighted by molar-refractivity contribution is 5.92. The monoisotopic (exact) mass is 374 g/mol. The van der Waals surface area contributed by atoms with E-state index in [4.69, 9.17) is 15.6 Å². The van der Waals surface area contributed by atoms with Crippen LogP contribution in [0, 0.1) is 11.8 Å². The van der Waals surface area contributed by atoms with Gasteiger partial charge >= 0.3 is 12.1 Å². The lowest BCUT2D eigenvalue weighted by atomic mass is 9.96. The van der Waals surface area contributed by atoms with E-state index in [0.717, 1.165) is 4.90 Å². The summed E-state index contributed by atoms with van der Waals surface area (Å²) < 4.78 is 44.0. The van der Waals surface area contributed by atoms with Crippen molar-refractivity contribution in [2.24, 2.45) is 17.6 Å². The molecule has 1 saturated heterocycles. The number of nitrogens with zero attached hydrogens (tertiary/aromatic N) is 1. The zero-order valence-electron chi connectivity index (χ0n) is 13.5. The number of carboxylic acid groups (broad SMARTS) is 1. The van der Waals surface area contributed by atoms with Gasteiger partial charge in [-0.3, -0.25) is 14.4 Å². The van der Waals surface area contributed by atoms with Crippen molar-refractivity contribution in [3.05, 3.63) is 29.8 Å². The minimum absolute atomic E-state index is 0.0975. The number of primary amides is 1. The second-order valence-electron chi connectivity index (χ2n) is 5.88. The molecule has 142 valence electrons. The first-order chi connectivity index (χ1) is 12.1. The summed E-state index contributed by atoms with van der Waals surface area (Å²) in [6.07, 6.45) is -4.88. The van der Waals surface area contributed by atoms with Crippen molar-refractivity contribution in [3.8, 4) is 5.75 Å². The fraction of sp³-hybridized carbons (Fsp3) is 0.438. The lowest BCUT2D eigenvalue weighted by Crippen LogP contribution is -2.34. The molecule has 0 spiro atoms. The highest BCUT2D eigenvalue weighted by Crippen LogP contribution is 2.37. The molecule has 0 bridgehead atoms. The van der Waals surface area contributed by atoms with E-state index in [1.54, 1.807) is 0 Å². The van der Waals surface area contributed by atoms with Gasteiger partial charge in [0.2, 0.25) is 11.8 Å². The molecule has 2 atom stereocenters. The van der Waals surface area contributed by atoms with Gasteiger partial charge in [-0.15, -0.1) is 0 Å². The summed E-state index contributed by atoms with van der Waals surface area (Å²) in [6, 6.07) is 5.82. The van der Waals surface area contributed by atoms with Crippen LogP contribution in [-0.2, 0) is 9.59 Å². The van der Waals surface area contributed by atoms with Crippen LogP contribution in [0.1, 0.15) is 16.8 Å². The number of carbonyl (C=O) groups is 3. The molecule has 1 aliphatic rings. The SMILES string of the molecule is NC(=O)c1ccc(OCCC(=O)N2C[C@@H](C(F)(F)F)[C@H](C(=O)O)C2)cc1. The molecule has 1 aromatic carbocycles. The minimum atomic E-state index is -4.68. The van der Waals surface area contributed by atoms with E-state index in [0.29, 0.717) is 5.75 Å². The molecule has 0 unspecified atom stereocenters. The average molecular weight is 374 g/mol. The molecule has 26 heavy (non-hydrogen) atoms. The van der Waals surface area contributed by atoms with Crippen LogP contribution in [0.15, 0.2) is 24.3 Å². The van der Waals surface area contributed by atoms with E-state index in [1.165, 1.54) is 24.3 Å². The van der Waals surface area contributed by atoms with Crippen LogP contribution in [0.4, 0.5) is 13.2 Å². The number of amides is 2. The highest BCUT2D eigenvalue weighted by atomic mass is 19.4. The van der Waals surface area contributed by atoms with Crippen molar-refractivity contribution in [2.45, 2.75) is 12.6 Å². The van der Waals surface area contributed by atoms with Gasteiger partial charge in [-0.05, 0) is 24.3 Å². The van der Waals surface area contributed by atoms with Crippen molar-refractivity contribution >= 4 is 17.8 Å². The van der Waals surface area contributed by atoms with Gasteiger partial charge in [0, 0.05) is 18.7 Å². The van der Waals surface area contributed by atoms with Crippen LogP contribution in [0.25, 0.3) is 0 Å². The summed E-state index contributed by atoms with van der Waals surface area (Å²) in [5.74, 6) is -6.17. The number of likely N-dealkylation sites (tertiary alicyclic amines) is 1. The zero-order chi connectivity index (χ0) is 19.5. The Hall–Kier alpha value is -2.78. The summed E-state index contributed by atoms with van der Waals surface area (Å²) in [4.78, 5) is 34.9. The molecule has 0 aliphatic carbocycles. The normalized spacial score (nSPS) is 20.0. The Morgan fingerprint density at radius 1 is 1.19 bits per heavy atom. The maximum atomic E-state index is 12.9. The molecule has 0 aromatic heterocycles. The lowest BCUT2D eigenvalue weighted by molar-refractivity contribution is -0.188. The number of benzene rings is 1. The van der Waals surface area contributed by atoms with Crippen LogP contribution >= 0.6 is 0 Å². The largest absolute Gasteiger partial charge is 0.493 e. The fourth-order valence-electron chi connectivity index (χ4n) is 2.72. The quantitative estimate of drug-likeness (QED) is 0.779. The van der Waals surface area contributed by atoms with Crippen LogP contribution < -0.4 is 10.5 Å². The number of hydrogen-bond acceptors (Lipinski definition) is 4. The van der Waals surface area contributed by atoms with Gasteiger partial charge in [-0.1, -0.05) is 0 Å². The van der Waals surface area contributed by atoms with E-state index in [-0.39, 0.29) is 18.6 Å². The predicted molar refractivity (Wildman–Crippen MR) is 82.3 cm³/mol. The molecule has 0 radical (unpaired) electrons. The molecule has 1 fully saturated rings. The second-order valence-corrected chi connectivity index (χ2v) is 5.88. The standard InChI is InChI=1S/C16H17F3N2O5/c17-16(18,19)12-8-21(7-11(12)15(24)25)13(22)5-6-26-10-3-1-9(2-4-10)14(20)23/h1-4,11-12H,5-8H2,(H2,20,23)(H,24,25)/t11-,12-/m1/s1. The molecule has 10 heteroatoms. The molecular weight excluding hydrogens is 357 g/mol.